The summed E-state index contributed by atoms with van der Waals surface area (Å²) in [6.07, 6.45) is 0. The molecule has 0 heterocycles. The SMILES string of the molecule is Cc1ccc(C)c(C(=O)OCC(=O)Nc2ccc(C)c(Br)c2)c1. The number of carbonyl (C=O) groups excluding carboxylic acids is 2. The third-order valence-electron chi connectivity index (χ3n) is 3.40. The Balaban J connectivity index is 1.94. The lowest BCUT2D eigenvalue weighted by Gasteiger charge is -2.09. The Kier molecular flexibility index (Phi) is 5.55. The predicted octanol–water partition coefficient (Wildman–Crippen LogP) is 4.17. The first-order valence-corrected chi connectivity index (χ1v) is 7.96. The van der Waals surface area contributed by atoms with Crippen molar-refractivity contribution in [1.29, 1.82) is 0 Å². The number of hydrogen-bond acceptors (Lipinski definition) is 3. The molecule has 0 fully saturated rings. The number of amides is 1. The van der Waals surface area contributed by atoms with Gasteiger partial charge in [0.05, 0.1) is 5.56 Å². The number of benzene rings is 2. The van der Waals surface area contributed by atoms with Crippen molar-refractivity contribution in [2.45, 2.75) is 20.8 Å². The molecule has 0 saturated carbocycles. The van der Waals surface area contributed by atoms with Crippen LogP contribution in [0.2, 0.25) is 0 Å². The Bertz CT molecular complexity index is 756. The fourth-order valence-corrected chi connectivity index (χ4v) is 2.41. The topological polar surface area (TPSA) is 55.4 Å². The van der Waals surface area contributed by atoms with Crippen LogP contribution in [0.3, 0.4) is 0 Å². The van der Waals surface area contributed by atoms with Crippen molar-refractivity contribution in [3.05, 3.63) is 63.1 Å². The van der Waals surface area contributed by atoms with E-state index in [1.807, 2.05) is 39.0 Å². The standard InChI is InChI=1S/C18H18BrNO3/c1-11-4-5-12(2)15(8-11)18(22)23-10-17(21)20-14-7-6-13(3)16(19)9-14/h4-9H,10H2,1-3H3,(H,20,21). The summed E-state index contributed by atoms with van der Waals surface area (Å²) >= 11 is 3.41. The molecular formula is C18H18BrNO3. The third-order valence-corrected chi connectivity index (χ3v) is 4.26. The van der Waals surface area contributed by atoms with Gasteiger partial charge in [-0.2, -0.15) is 0 Å². The van der Waals surface area contributed by atoms with Crippen molar-refractivity contribution in [2.24, 2.45) is 0 Å². The highest BCUT2D eigenvalue weighted by atomic mass is 79.9. The minimum absolute atomic E-state index is 0.322. The molecule has 0 atom stereocenters. The molecule has 2 aromatic rings. The summed E-state index contributed by atoms with van der Waals surface area (Å²) in [7, 11) is 0. The zero-order valence-corrected chi connectivity index (χ0v) is 14.9. The quantitative estimate of drug-likeness (QED) is 0.815. The normalized spacial score (nSPS) is 10.3. The highest BCUT2D eigenvalue weighted by Gasteiger charge is 2.13. The summed E-state index contributed by atoms with van der Waals surface area (Å²) in [6.45, 7) is 5.37. The molecule has 0 aliphatic carbocycles. The van der Waals surface area contributed by atoms with E-state index in [1.165, 1.54) is 0 Å². The van der Waals surface area contributed by atoms with Crippen LogP contribution >= 0.6 is 15.9 Å². The first-order chi connectivity index (χ1) is 10.9. The molecule has 0 spiro atoms. The molecule has 1 N–H and O–H groups in total. The minimum atomic E-state index is -0.494. The van der Waals surface area contributed by atoms with E-state index >= 15 is 0 Å². The average molecular weight is 376 g/mol. The number of rotatable bonds is 4. The summed E-state index contributed by atoms with van der Waals surface area (Å²) in [5.74, 6) is -0.870. The van der Waals surface area contributed by atoms with Crippen molar-refractivity contribution in [1.82, 2.24) is 0 Å². The van der Waals surface area contributed by atoms with Crippen molar-refractivity contribution >= 4 is 33.5 Å². The molecule has 0 saturated heterocycles. The summed E-state index contributed by atoms with van der Waals surface area (Å²) < 4.78 is 5.99. The number of carbonyl (C=O) groups is 2. The zero-order chi connectivity index (χ0) is 17.0. The Morgan fingerprint density at radius 3 is 2.43 bits per heavy atom. The fraction of sp³-hybridized carbons (Fsp3) is 0.222. The molecule has 0 bridgehead atoms. The lowest BCUT2D eigenvalue weighted by molar-refractivity contribution is -0.119. The van der Waals surface area contributed by atoms with E-state index in [2.05, 4.69) is 21.2 Å². The monoisotopic (exact) mass is 375 g/mol. The molecule has 4 nitrogen and oxygen atoms in total. The maximum atomic E-state index is 12.1. The minimum Gasteiger partial charge on any atom is -0.452 e. The largest absolute Gasteiger partial charge is 0.452 e. The van der Waals surface area contributed by atoms with Gasteiger partial charge in [0.15, 0.2) is 6.61 Å². The lowest BCUT2D eigenvalue weighted by Crippen LogP contribution is -2.21. The van der Waals surface area contributed by atoms with Gasteiger partial charge in [0, 0.05) is 10.2 Å². The Hall–Kier alpha value is -2.14. The number of ether oxygens (including phenoxy) is 1. The van der Waals surface area contributed by atoms with Gasteiger partial charge in [0.2, 0.25) is 0 Å². The van der Waals surface area contributed by atoms with Crippen LogP contribution in [0.15, 0.2) is 40.9 Å². The number of halogens is 1. The van der Waals surface area contributed by atoms with Gasteiger partial charge < -0.3 is 10.1 Å². The highest BCUT2D eigenvalue weighted by molar-refractivity contribution is 9.10. The number of esters is 1. The number of nitrogens with one attached hydrogen (secondary N) is 1. The van der Waals surface area contributed by atoms with Gasteiger partial charge in [-0.3, -0.25) is 4.79 Å². The van der Waals surface area contributed by atoms with Crippen LogP contribution in [-0.2, 0) is 9.53 Å². The molecule has 0 aromatic heterocycles. The van der Waals surface area contributed by atoms with Crippen molar-refractivity contribution < 1.29 is 14.3 Å². The molecule has 1 amide bonds. The number of hydrogen-bond donors (Lipinski definition) is 1. The van der Waals surface area contributed by atoms with Crippen LogP contribution in [0.5, 0.6) is 0 Å². The second-order valence-electron chi connectivity index (χ2n) is 5.41. The van der Waals surface area contributed by atoms with E-state index in [9.17, 15) is 9.59 Å². The first-order valence-electron chi connectivity index (χ1n) is 7.17. The summed E-state index contributed by atoms with van der Waals surface area (Å²) in [5, 5.41) is 2.70. The van der Waals surface area contributed by atoms with Crippen LogP contribution < -0.4 is 5.32 Å². The van der Waals surface area contributed by atoms with Crippen LogP contribution in [0, 0.1) is 20.8 Å². The molecule has 2 rings (SSSR count). The average Bonchev–Trinajstić information content (AvgIpc) is 2.51. The second-order valence-corrected chi connectivity index (χ2v) is 6.26. The van der Waals surface area contributed by atoms with Crippen molar-refractivity contribution in [3.63, 3.8) is 0 Å². The van der Waals surface area contributed by atoms with Gasteiger partial charge in [-0.05, 0) is 50.1 Å². The Morgan fingerprint density at radius 2 is 1.74 bits per heavy atom. The van der Waals surface area contributed by atoms with Crippen LogP contribution in [0.4, 0.5) is 5.69 Å². The zero-order valence-electron chi connectivity index (χ0n) is 13.3. The molecule has 23 heavy (non-hydrogen) atoms. The molecule has 0 radical (unpaired) electrons. The Morgan fingerprint density at radius 1 is 1.04 bits per heavy atom. The van der Waals surface area contributed by atoms with Gasteiger partial charge >= 0.3 is 5.97 Å². The molecule has 5 heteroatoms. The summed E-state index contributed by atoms with van der Waals surface area (Å²) in [5.41, 5.74) is 4.00. The van der Waals surface area contributed by atoms with Crippen molar-refractivity contribution in [2.75, 3.05) is 11.9 Å². The van der Waals surface area contributed by atoms with Gasteiger partial charge in [0.25, 0.3) is 5.91 Å². The maximum absolute atomic E-state index is 12.1. The third kappa shape index (κ3) is 4.66. The molecule has 0 unspecified atom stereocenters. The van der Waals surface area contributed by atoms with E-state index < -0.39 is 5.97 Å². The van der Waals surface area contributed by atoms with E-state index in [0.717, 1.165) is 21.2 Å². The van der Waals surface area contributed by atoms with Crippen LogP contribution in [0.25, 0.3) is 0 Å². The molecule has 2 aromatic carbocycles. The van der Waals surface area contributed by atoms with Gasteiger partial charge in [-0.1, -0.05) is 39.7 Å². The smallest absolute Gasteiger partial charge is 0.338 e. The molecule has 0 aliphatic heterocycles. The first kappa shape index (κ1) is 17.2. The second kappa shape index (κ2) is 7.42. The van der Waals surface area contributed by atoms with Crippen LogP contribution in [-0.4, -0.2) is 18.5 Å². The van der Waals surface area contributed by atoms with Gasteiger partial charge in [0.1, 0.15) is 0 Å². The van der Waals surface area contributed by atoms with Crippen molar-refractivity contribution in [3.8, 4) is 0 Å². The maximum Gasteiger partial charge on any atom is 0.338 e. The lowest BCUT2D eigenvalue weighted by atomic mass is 10.1. The summed E-state index contributed by atoms with van der Waals surface area (Å²) in [6, 6.07) is 11.0. The number of anilines is 1. The Labute approximate surface area is 144 Å². The van der Waals surface area contributed by atoms with E-state index in [4.69, 9.17) is 4.74 Å². The van der Waals surface area contributed by atoms with E-state index in [0.29, 0.717) is 11.3 Å². The summed E-state index contributed by atoms with van der Waals surface area (Å²) in [4.78, 5) is 24.0. The number of aryl methyl sites for hydroxylation is 3. The van der Waals surface area contributed by atoms with E-state index in [1.54, 1.807) is 18.2 Å². The molecular weight excluding hydrogens is 358 g/mol. The highest BCUT2D eigenvalue weighted by Crippen LogP contribution is 2.20. The van der Waals surface area contributed by atoms with Gasteiger partial charge in [-0.15, -0.1) is 0 Å². The molecule has 0 aliphatic rings. The van der Waals surface area contributed by atoms with Gasteiger partial charge in [-0.25, -0.2) is 4.79 Å². The van der Waals surface area contributed by atoms with Crippen LogP contribution in [0.1, 0.15) is 27.0 Å². The predicted molar refractivity (Wildman–Crippen MR) is 93.7 cm³/mol. The molecule has 120 valence electrons. The fourth-order valence-electron chi connectivity index (χ4n) is 2.03. The van der Waals surface area contributed by atoms with E-state index in [-0.39, 0.29) is 12.5 Å².